The largest absolute Gasteiger partial charge is 0.497 e. The van der Waals surface area contributed by atoms with Gasteiger partial charge < -0.3 is 40.6 Å². The van der Waals surface area contributed by atoms with Crippen molar-refractivity contribution in [3.05, 3.63) is 144 Å². The first-order chi connectivity index (χ1) is 27.2. The Morgan fingerprint density at radius 2 is 1.41 bits per heavy atom. The van der Waals surface area contributed by atoms with Crippen molar-refractivity contribution in [3.8, 4) is 11.5 Å². The third-order valence-electron chi connectivity index (χ3n) is 9.14. The standard InChI is InChI=1S/C44H48N4O8/c1-45-38(29-55-27-32-14-7-4-8-15-32)43(52)47-34(24-30-12-5-3-6-13-30)28-56-39-21-20-33-17-9-10-19-36(33)41(39)44(53)48-37(26-40(49)50)42(51)46-23-22-31-16-11-18-35(25-31)54-2/h3-21,25,34,37-38,45H,22-24,26-29H2,1-2H3,(H,46,51)(H,47,52)(H,48,53)(H,49,50)/t34-,37+,38-/m1/s1. The molecular weight excluding hydrogens is 713 g/mol. The van der Waals surface area contributed by atoms with E-state index in [9.17, 15) is 24.3 Å². The number of ether oxygens (including phenoxy) is 3. The van der Waals surface area contributed by atoms with Gasteiger partial charge in [-0.1, -0.05) is 103 Å². The van der Waals surface area contributed by atoms with Crippen LogP contribution < -0.4 is 30.7 Å². The summed E-state index contributed by atoms with van der Waals surface area (Å²) in [6, 6.07) is 34.9. The molecule has 3 amide bonds. The molecule has 0 radical (unpaired) electrons. The summed E-state index contributed by atoms with van der Waals surface area (Å²) in [6.07, 6.45) is 0.263. The third kappa shape index (κ3) is 12.1. The zero-order chi connectivity index (χ0) is 39.7. The van der Waals surface area contributed by atoms with E-state index in [1.165, 1.54) is 0 Å². The van der Waals surface area contributed by atoms with E-state index in [2.05, 4.69) is 21.3 Å². The number of nitrogens with one attached hydrogen (secondary N) is 4. The van der Waals surface area contributed by atoms with Gasteiger partial charge in [0.25, 0.3) is 5.91 Å². The summed E-state index contributed by atoms with van der Waals surface area (Å²) in [5.41, 5.74) is 3.01. The molecular formula is C44H48N4O8. The van der Waals surface area contributed by atoms with Crippen LogP contribution in [0, 0.1) is 0 Å². The molecule has 0 unspecified atom stereocenters. The van der Waals surface area contributed by atoms with E-state index >= 15 is 0 Å². The molecule has 0 aliphatic rings. The molecule has 0 aliphatic carbocycles. The molecule has 0 aromatic heterocycles. The topological polar surface area (TPSA) is 164 Å². The average Bonchev–Trinajstić information content (AvgIpc) is 3.21. The second-order valence-electron chi connectivity index (χ2n) is 13.2. The first-order valence-electron chi connectivity index (χ1n) is 18.4. The second-order valence-corrected chi connectivity index (χ2v) is 13.2. The Kier molecular flexibility index (Phi) is 15.4. The van der Waals surface area contributed by atoms with Gasteiger partial charge in [-0.2, -0.15) is 0 Å². The van der Waals surface area contributed by atoms with Crippen molar-refractivity contribution >= 4 is 34.5 Å². The van der Waals surface area contributed by atoms with Crippen molar-refractivity contribution < 1.29 is 38.5 Å². The summed E-state index contributed by atoms with van der Waals surface area (Å²) in [4.78, 5) is 52.9. The van der Waals surface area contributed by atoms with E-state index in [0.29, 0.717) is 30.6 Å². The van der Waals surface area contributed by atoms with Gasteiger partial charge in [0.15, 0.2) is 0 Å². The predicted octanol–water partition coefficient (Wildman–Crippen LogP) is 4.69. The van der Waals surface area contributed by atoms with Gasteiger partial charge in [-0.15, -0.1) is 0 Å². The van der Waals surface area contributed by atoms with Crippen molar-refractivity contribution in [1.29, 1.82) is 0 Å². The van der Waals surface area contributed by atoms with Gasteiger partial charge in [-0.05, 0) is 65.6 Å². The molecule has 5 aromatic rings. The van der Waals surface area contributed by atoms with Gasteiger partial charge in [0.05, 0.1) is 38.3 Å². The number of carboxylic acids is 1. The number of rotatable bonds is 21. The number of methoxy groups -OCH3 is 1. The van der Waals surface area contributed by atoms with Crippen LogP contribution in [0.1, 0.15) is 33.5 Å². The third-order valence-corrected chi connectivity index (χ3v) is 9.14. The SMILES string of the molecule is CN[C@H](COCc1ccccc1)C(=O)N[C@@H](COc1ccc2ccccc2c1C(=O)N[C@@H](CC(=O)O)C(=O)NCCc1cccc(OC)c1)Cc1ccccc1. The average molecular weight is 761 g/mol. The monoisotopic (exact) mass is 760 g/mol. The molecule has 292 valence electrons. The van der Waals surface area contributed by atoms with E-state index in [0.717, 1.165) is 22.1 Å². The van der Waals surface area contributed by atoms with Gasteiger partial charge in [0.2, 0.25) is 11.8 Å². The van der Waals surface area contributed by atoms with Crippen LogP contribution in [-0.4, -0.2) is 80.8 Å². The molecule has 0 saturated heterocycles. The maximum atomic E-state index is 14.1. The molecule has 12 nitrogen and oxygen atoms in total. The second kappa shape index (κ2) is 21.0. The van der Waals surface area contributed by atoms with E-state index in [1.807, 2.05) is 103 Å². The molecule has 0 fully saturated rings. The maximum Gasteiger partial charge on any atom is 0.305 e. The molecule has 0 aliphatic heterocycles. The lowest BCUT2D eigenvalue weighted by atomic mass is 10.0. The van der Waals surface area contributed by atoms with Crippen LogP contribution in [0.4, 0.5) is 0 Å². The number of hydrogen-bond acceptors (Lipinski definition) is 8. The quantitative estimate of drug-likeness (QED) is 0.0714. The van der Waals surface area contributed by atoms with Crippen LogP contribution in [0.25, 0.3) is 10.8 Å². The van der Waals surface area contributed by atoms with Crippen LogP contribution in [0.2, 0.25) is 0 Å². The number of amides is 3. The number of hydrogen-bond donors (Lipinski definition) is 5. The van der Waals surface area contributed by atoms with Crippen LogP contribution in [0.3, 0.4) is 0 Å². The fourth-order valence-electron chi connectivity index (χ4n) is 6.20. The molecule has 12 heteroatoms. The summed E-state index contributed by atoms with van der Waals surface area (Å²) in [5, 5.41) is 22.5. The van der Waals surface area contributed by atoms with E-state index in [1.54, 1.807) is 32.4 Å². The Morgan fingerprint density at radius 1 is 0.714 bits per heavy atom. The van der Waals surface area contributed by atoms with Gasteiger partial charge in [0.1, 0.15) is 30.2 Å². The van der Waals surface area contributed by atoms with E-state index in [-0.39, 0.29) is 37.0 Å². The van der Waals surface area contributed by atoms with Gasteiger partial charge in [-0.3, -0.25) is 19.2 Å². The Balaban J connectivity index is 1.31. The van der Waals surface area contributed by atoms with Gasteiger partial charge >= 0.3 is 5.97 Å². The molecule has 5 aromatic carbocycles. The van der Waals surface area contributed by atoms with E-state index < -0.39 is 42.3 Å². The Morgan fingerprint density at radius 3 is 2.12 bits per heavy atom. The van der Waals surface area contributed by atoms with Crippen LogP contribution in [0.15, 0.2) is 121 Å². The summed E-state index contributed by atoms with van der Waals surface area (Å²) in [7, 11) is 3.26. The van der Waals surface area contributed by atoms with Gasteiger partial charge in [-0.25, -0.2) is 0 Å². The first-order valence-corrected chi connectivity index (χ1v) is 18.4. The Bertz CT molecular complexity index is 2060. The number of fused-ring (bicyclic) bond motifs is 1. The minimum Gasteiger partial charge on any atom is -0.497 e. The number of aliphatic carboxylic acids is 1. The lowest BCUT2D eigenvalue weighted by Gasteiger charge is -2.24. The zero-order valence-electron chi connectivity index (χ0n) is 31.5. The van der Waals surface area contributed by atoms with Gasteiger partial charge in [0, 0.05) is 6.54 Å². The van der Waals surface area contributed by atoms with Crippen molar-refractivity contribution in [2.75, 3.05) is 33.9 Å². The highest BCUT2D eigenvalue weighted by molar-refractivity contribution is 6.10. The first kappa shape index (κ1) is 40.9. The maximum absolute atomic E-state index is 14.1. The molecule has 3 atom stereocenters. The summed E-state index contributed by atoms with van der Waals surface area (Å²) >= 11 is 0. The van der Waals surface area contributed by atoms with Crippen molar-refractivity contribution in [2.45, 2.75) is 44.0 Å². The number of likely N-dealkylation sites (N-methyl/N-ethyl adjacent to an activating group) is 1. The summed E-state index contributed by atoms with van der Waals surface area (Å²) in [6.45, 7) is 0.692. The van der Waals surface area contributed by atoms with Crippen LogP contribution in [0.5, 0.6) is 11.5 Å². The number of benzene rings is 5. The fraction of sp³-hybridized carbons (Fsp3) is 0.273. The number of carbonyl (C=O) groups excluding carboxylic acids is 3. The fourth-order valence-corrected chi connectivity index (χ4v) is 6.20. The molecule has 56 heavy (non-hydrogen) atoms. The zero-order valence-corrected chi connectivity index (χ0v) is 31.5. The van der Waals surface area contributed by atoms with E-state index in [4.69, 9.17) is 14.2 Å². The van der Waals surface area contributed by atoms with Crippen molar-refractivity contribution in [2.24, 2.45) is 0 Å². The summed E-state index contributed by atoms with van der Waals surface area (Å²) < 4.78 is 17.5. The number of carbonyl (C=O) groups is 4. The molecule has 5 N–H and O–H groups in total. The lowest BCUT2D eigenvalue weighted by molar-refractivity contribution is -0.139. The highest BCUT2D eigenvalue weighted by atomic mass is 16.5. The Hall–Kier alpha value is -6.24. The van der Waals surface area contributed by atoms with Crippen molar-refractivity contribution in [3.63, 3.8) is 0 Å². The molecule has 0 saturated carbocycles. The molecule has 0 spiro atoms. The molecule has 0 bridgehead atoms. The highest BCUT2D eigenvalue weighted by Gasteiger charge is 2.28. The molecule has 5 rings (SSSR count). The smallest absolute Gasteiger partial charge is 0.305 e. The summed E-state index contributed by atoms with van der Waals surface area (Å²) in [5.74, 6) is -1.97. The van der Waals surface area contributed by atoms with Crippen molar-refractivity contribution in [1.82, 2.24) is 21.3 Å². The highest BCUT2D eigenvalue weighted by Crippen LogP contribution is 2.29. The van der Waals surface area contributed by atoms with Crippen LogP contribution in [-0.2, 0) is 38.6 Å². The predicted molar refractivity (Wildman–Crippen MR) is 214 cm³/mol. The number of carboxylic acid groups (broad SMARTS) is 1. The van der Waals surface area contributed by atoms with Crippen LogP contribution >= 0.6 is 0 Å². The normalized spacial score (nSPS) is 12.5. The minimum absolute atomic E-state index is 0.0100. The molecule has 0 heterocycles. The minimum atomic E-state index is -1.37. The Labute approximate surface area is 326 Å². The lowest BCUT2D eigenvalue weighted by Crippen LogP contribution is -2.51.